The minimum atomic E-state index is -0.484. The summed E-state index contributed by atoms with van der Waals surface area (Å²) in [7, 11) is 0. The van der Waals surface area contributed by atoms with Gasteiger partial charge in [-0.1, -0.05) is 25.3 Å². The van der Waals surface area contributed by atoms with E-state index in [0.29, 0.717) is 31.6 Å². The molecule has 2 amide bonds. The van der Waals surface area contributed by atoms with Gasteiger partial charge < -0.3 is 16.0 Å². The minimum Gasteiger partial charge on any atom is -0.353 e. The normalized spacial score (nSPS) is 13.4. The van der Waals surface area contributed by atoms with Gasteiger partial charge in [0.2, 0.25) is 5.91 Å². The van der Waals surface area contributed by atoms with E-state index in [2.05, 4.69) is 74.9 Å². The van der Waals surface area contributed by atoms with Gasteiger partial charge in [-0.2, -0.15) is 0 Å². The number of nitrogens with zero attached hydrogens (tertiary/aromatic N) is 1. The zero-order valence-electron chi connectivity index (χ0n) is 16.7. The topological polar surface area (TPSA) is 75.4 Å². The molecule has 29 heavy (non-hydrogen) atoms. The van der Waals surface area contributed by atoms with Gasteiger partial charge in [0.15, 0.2) is 0 Å². The first-order valence-corrected chi connectivity index (χ1v) is 9.21. The fourth-order valence-corrected chi connectivity index (χ4v) is 2.56. The lowest BCUT2D eigenvalue weighted by molar-refractivity contribution is -0.136. The number of hydrogen-bond donors (Lipinski definition) is 2. The van der Waals surface area contributed by atoms with E-state index < -0.39 is 6.04 Å². The Balaban J connectivity index is -0.0000000588. The van der Waals surface area contributed by atoms with Gasteiger partial charge in [0.05, 0.1) is 5.57 Å². The molecule has 1 aliphatic rings. The highest BCUT2D eigenvalue weighted by molar-refractivity contribution is 5.97. The highest BCUT2D eigenvalue weighted by atomic mass is 16.2. The Morgan fingerprint density at radius 2 is 1.69 bits per heavy atom. The van der Waals surface area contributed by atoms with Crippen LogP contribution >= 0.6 is 0 Å². The lowest BCUT2D eigenvalue weighted by Crippen LogP contribution is -2.47. The van der Waals surface area contributed by atoms with Crippen molar-refractivity contribution in [2.45, 2.75) is 32.7 Å². The molecular formula is C24H49N3O2. The number of carbonyl (C=O) groups is 2. The Bertz CT molecular complexity index is 1100. The average Bonchev–Trinajstić information content (AvgIpc) is 3.19. The van der Waals surface area contributed by atoms with Crippen LogP contribution in [0.15, 0.2) is 75.2 Å². The number of carbonyl (C=O) groups excluding carboxylic acids is 2. The molecule has 5 nitrogen and oxygen atoms in total. The van der Waals surface area contributed by atoms with E-state index in [4.69, 9.17) is 5.73 Å². The molecule has 1 heterocycles. The van der Waals surface area contributed by atoms with Crippen molar-refractivity contribution >= 4 is 11.8 Å². The van der Waals surface area contributed by atoms with Crippen molar-refractivity contribution in [3.63, 3.8) is 0 Å². The first-order valence-electron chi connectivity index (χ1n) is 9.21. The smallest absolute Gasteiger partial charge is 0.259 e. The first kappa shape index (κ1) is 23.3. The van der Waals surface area contributed by atoms with E-state index in [1.165, 1.54) is 0 Å². The third-order valence-electron chi connectivity index (χ3n) is 3.85. The van der Waals surface area contributed by atoms with Gasteiger partial charge in [0.1, 0.15) is 6.04 Å². The zero-order valence-corrected chi connectivity index (χ0v) is 16.7. The molecule has 0 aromatic rings. The summed E-state index contributed by atoms with van der Waals surface area (Å²) >= 11 is 0. The second-order valence-corrected chi connectivity index (χ2v) is 6.23. The molecule has 1 unspecified atom stereocenters. The van der Waals surface area contributed by atoms with Crippen molar-refractivity contribution in [3.05, 3.63) is 75.2 Å². The number of rotatable bonds is 5. The van der Waals surface area contributed by atoms with Crippen LogP contribution in [0, 0.1) is 5.92 Å². The number of amides is 2. The second-order valence-electron chi connectivity index (χ2n) is 6.23. The zero-order chi connectivity index (χ0) is 21.5. The van der Waals surface area contributed by atoms with Crippen molar-refractivity contribution in [3.8, 4) is 0 Å². The van der Waals surface area contributed by atoms with Crippen LogP contribution in [0.3, 0.4) is 0 Å². The van der Waals surface area contributed by atoms with Gasteiger partial charge in [0, 0.05) is 38.2 Å². The number of likely N-dealkylation sites (tertiary alicyclic amines) is 1. The predicted octanol–water partition coefficient (Wildman–Crippen LogP) is 5.17. The number of hydrogen-bond acceptors (Lipinski definition) is 3. The summed E-state index contributed by atoms with van der Waals surface area (Å²) < 4.78 is 0. The molecule has 1 rings (SSSR count). The molecule has 0 saturated carbocycles. The Labute approximate surface area is 190 Å². The molecule has 3 N–H and O–H groups in total. The maximum absolute atomic E-state index is 12.9. The molecule has 1 saturated heterocycles. The summed E-state index contributed by atoms with van der Waals surface area (Å²) in [6, 6.07) is -0.484. The molecule has 172 valence electrons. The molecule has 0 bridgehead atoms. The second kappa shape index (κ2) is 13.4. The maximum atomic E-state index is 12.9. The van der Waals surface area contributed by atoms with Crippen molar-refractivity contribution in [2.24, 2.45) is 11.7 Å². The minimum absolute atomic E-state index is 0. The Kier molecular flexibility index (Phi) is 10.7. The first-order chi connectivity index (χ1) is 14.0. The third kappa shape index (κ3) is 8.19. The van der Waals surface area contributed by atoms with Crippen LogP contribution in [0.5, 0.6) is 0 Å². The standard InChI is InChI=1S/C24H23N3O2.13H2/c1-4-5-6-7-8-9-10-11-12-13-15-21(20(2)3)24(29)27-19-14-16-22(27)23(28)26-18-17-25;;;;;;;;;;;;;/h20,22H,1,14,16-19,25H2,2-3H3,(H,26,28);13*1H. The number of nitrogens with two attached hydrogens (primary N) is 1. The molecule has 1 atom stereocenters. The summed E-state index contributed by atoms with van der Waals surface area (Å²) in [6.07, 6.45) is 1.41. The Morgan fingerprint density at radius 3 is 2.24 bits per heavy atom. The van der Waals surface area contributed by atoms with Crippen molar-refractivity contribution in [2.75, 3.05) is 19.6 Å². The Morgan fingerprint density at radius 1 is 1.10 bits per heavy atom. The highest BCUT2D eigenvalue weighted by Crippen LogP contribution is 2.22. The van der Waals surface area contributed by atoms with Crippen LogP contribution < -0.4 is 11.1 Å². The number of nitrogens with one attached hydrogen (secondary N) is 1. The van der Waals surface area contributed by atoms with E-state index in [0.717, 1.165) is 6.42 Å². The van der Waals surface area contributed by atoms with Crippen LogP contribution in [0.2, 0.25) is 0 Å². The summed E-state index contributed by atoms with van der Waals surface area (Å²) in [4.78, 5) is 26.8. The van der Waals surface area contributed by atoms with Gasteiger partial charge in [-0.25, -0.2) is 0 Å². The molecule has 0 spiro atoms. The fraction of sp³-hybridized carbons (Fsp3) is 0.375. The van der Waals surface area contributed by atoms with E-state index >= 15 is 0 Å². The maximum Gasteiger partial charge on any atom is 0.259 e. The van der Waals surface area contributed by atoms with Gasteiger partial charge >= 0.3 is 0 Å². The molecule has 0 aliphatic carbocycles. The van der Waals surface area contributed by atoms with Crippen LogP contribution in [0.25, 0.3) is 0 Å². The molecule has 0 aromatic carbocycles. The van der Waals surface area contributed by atoms with Crippen LogP contribution in [0.4, 0.5) is 0 Å². The van der Waals surface area contributed by atoms with Crippen molar-refractivity contribution in [1.29, 1.82) is 0 Å². The van der Waals surface area contributed by atoms with Crippen molar-refractivity contribution < 1.29 is 28.1 Å². The average molecular weight is 412 g/mol. The molecular weight excluding hydrogens is 362 g/mol. The van der Waals surface area contributed by atoms with E-state index in [1.807, 2.05) is 13.8 Å². The van der Waals surface area contributed by atoms with E-state index in [1.54, 1.807) is 4.90 Å². The van der Waals surface area contributed by atoms with E-state index in [9.17, 15) is 9.59 Å². The van der Waals surface area contributed by atoms with Gasteiger partial charge in [0.25, 0.3) is 5.91 Å². The van der Waals surface area contributed by atoms with Gasteiger partial charge in [-0.05, 0) is 76.9 Å². The fourth-order valence-electron chi connectivity index (χ4n) is 2.56. The molecule has 5 heteroatoms. The van der Waals surface area contributed by atoms with Gasteiger partial charge in [-0.15, -0.1) is 0 Å². The van der Waals surface area contributed by atoms with Crippen LogP contribution in [0.1, 0.15) is 45.2 Å². The monoisotopic (exact) mass is 411 g/mol. The van der Waals surface area contributed by atoms with Crippen LogP contribution in [-0.4, -0.2) is 42.4 Å². The third-order valence-corrected chi connectivity index (χ3v) is 3.85. The molecule has 0 radical (unpaired) electrons. The highest BCUT2D eigenvalue weighted by Gasteiger charge is 2.35. The summed E-state index contributed by atoms with van der Waals surface area (Å²) in [5, 5.41) is 2.75. The summed E-state index contributed by atoms with van der Waals surface area (Å²) in [5.74, 6) is -0.499. The molecule has 1 aliphatic heterocycles. The lowest BCUT2D eigenvalue weighted by Gasteiger charge is -2.25. The SMILES string of the molecule is C=C=C=C=C=C=C=C=C=C=C=C=C(C(=O)N1CCCC1C(=O)NCCN)C(C)C.[HH].[HH].[HH].[HH].[HH].[HH].[HH].[HH].[HH].[HH].[HH].[HH].[HH]. The molecule has 1 fully saturated rings. The summed E-state index contributed by atoms with van der Waals surface area (Å²) in [6.45, 7) is 8.36. The van der Waals surface area contributed by atoms with E-state index in [-0.39, 0.29) is 36.3 Å². The Hall–Kier alpha value is -3.78. The largest absolute Gasteiger partial charge is 0.353 e. The van der Waals surface area contributed by atoms with Crippen molar-refractivity contribution in [1.82, 2.24) is 10.2 Å². The van der Waals surface area contributed by atoms with Crippen LogP contribution in [-0.2, 0) is 9.59 Å². The van der Waals surface area contributed by atoms with Gasteiger partial charge in [-0.3, -0.25) is 9.59 Å². The lowest BCUT2D eigenvalue weighted by atomic mass is 10.0. The predicted molar refractivity (Wildman–Crippen MR) is 137 cm³/mol. The quantitative estimate of drug-likeness (QED) is 0.484. The molecule has 0 aromatic heterocycles. The summed E-state index contributed by atoms with van der Waals surface area (Å²) in [5.41, 5.74) is 33.8.